The van der Waals surface area contributed by atoms with Crippen LogP contribution in [0, 0.1) is 0 Å². The van der Waals surface area contributed by atoms with Crippen LogP contribution in [0.2, 0.25) is 0 Å². The molecule has 0 aromatic heterocycles. The van der Waals surface area contributed by atoms with Gasteiger partial charge in [0.05, 0.1) is 6.42 Å². The van der Waals surface area contributed by atoms with Gasteiger partial charge in [-0.05, 0) is 29.2 Å². The molecule has 0 radical (unpaired) electrons. The van der Waals surface area contributed by atoms with Crippen LogP contribution < -0.4 is 10.6 Å². The molecular weight excluding hydrogens is 422 g/mol. The average Bonchev–Trinajstić information content (AvgIpc) is 3.05. The second-order valence-corrected chi connectivity index (χ2v) is 7.68. The quantitative estimate of drug-likeness (QED) is 0.547. The molecule has 7 nitrogen and oxygen atoms in total. The molecule has 3 N–H and O–H groups in total. The molecule has 0 bridgehead atoms. The highest BCUT2D eigenvalue weighted by molar-refractivity contribution is 5.80. The van der Waals surface area contributed by atoms with Crippen molar-refractivity contribution in [2.24, 2.45) is 0 Å². The number of hydrogen-bond donors (Lipinski definition) is 3. The zero-order chi connectivity index (χ0) is 23.3. The number of halogens is 2. The lowest BCUT2D eigenvalue weighted by atomic mass is 9.98. The molecule has 2 amide bonds. The summed E-state index contributed by atoms with van der Waals surface area (Å²) in [5, 5.41) is 13.1. The molecule has 3 rings (SSSR count). The zero-order valence-electron chi connectivity index (χ0n) is 17.4. The molecule has 2 unspecified atom stereocenters. The van der Waals surface area contributed by atoms with Crippen LogP contribution >= 0.6 is 0 Å². The fourth-order valence-corrected chi connectivity index (χ4v) is 3.83. The van der Waals surface area contributed by atoms with Crippen LogP contribution in [-0.4, -0.2) is 48.2 Å². The Balaban J connectivity index is 1.52. The number of carbonyl (C=O) groups is 3. The van der Waals surface area contributed by atoms with Gasteiger partial charge < -0.3 is 20.5 Å². The largest absolute Gasteiger partial charge is 0.481 e. The van der Waals surface area contributed by atoms with Gasteiger partial charge in [0, 0.05) is 18.4 Å². The predicted molar refractivity (Wildman–Crippen MR) is 112 cm³/mol. The van der Waals surface area contributed by atoms with Crippen molar-refractivity contribution < 1.29 is 33.0 Å². The van der Waals surface area contributed by atoms with E-state index in [0.717, 1.165) is 22.3 Å². The number of carbonyl (C=O) groups excluding carboxylic acids is 2. The number of aliphatic carboxylic acids is 1. The third kappa shape index (κ3) is 5.60. The van der Waals surface area contributed by atoms with Crippen LogP contribution in [0.15, 0.2) is 48.5 Å². The maximum absolute atomic E-state index is 12.9. The lowest BCUT2D eigenvalue weighted by Crippen LogP contribution is -2.44. The zero-order valence-corrected chi connectivity index (χ0v) is 17.4. The first kappa shape index (κ1) is 23.2. The molecule has 2 aromatic carbocycles. The highest BCUT2D eigenvalue weighted by Crippen LogP contribution is 2.44. The molecule has 2 atom stereocenters. The number of carboxylic acids is 1. The molecule has 9 heteroatoms. The summed E-state index contributed by atoms with van der Waals surface area (Å²) in [6.45, 7) is 1.63. The van der Waals surface area contributed by atoms with E-state index in [1.54, 1.807) is 0 Å². The molecule has 1 aliphatic carbocycles. The Morgan fingerprint density at radius 2 is 1.53 bits per heavy atom. The van der Waals surface area contributed by atoms with Crippen LogP contribution in [0.5, 0.6) is 0 Å². The summed E-state index contributed by atoms with van der Waals surface area (Å²) >= 11 is 0. The van der Waals surface area contributed by atoms with Gasteiger partial charge >= 0.3 is 12.1 Å². The minimum Gasteiger partial charge on any atom is -0.481 e. The monoisotopic (exact) mass is 446 g/mol. The number of alkyl carbamates (subject to hydrolysis) is 1. The van der Waals surface area contributed by atoms with Gasteiger partial charge in [0.2, 0.25) is 5.91 Å². The van der Waals surface area contributed by atoms with E-state index < -0.39 is 42.9 Å². The number of alkyl halides is 2. The SMILES string of the molecule is CC(CC(=O)NC(CC(=O)O)C(F)F)NC(=O)OCC1c2ccccc2-c2ccccc21. The first-order valence-corrected chi connectivity index (χ1v) is 10.2. The summed E-state index contributed by atoms with van der Waals surface area (Å²) < 4.78 is 31.1. The molecule has 0 saturated carbocycles. The van der Waals surface area contributed by atoms with E-state index in [2.05, 4.69) is 5.32 Å². The fraction of sp³-hybridized carbons (Fsp3) is 0.348. The molecule has 2 aromatic rings. The Morgan fingerprint density at radius 1 is 0.969 bits per heavy atom. The number of benzene rings is 2. The van der Waals surface area contributed by atoms with Crippen molar-refractivity contribution in [2.45, 2.75) is 44.2 Å². The van der Waals surface area contributed by atoms with E-state index in [0.29, 0.717) is 0 Å². The maximum atomic E-state index is 12.9. The molecule has 0 aliphatic heterocycles. The Morgan fingerprint density at radius 3 is 2.06 bits per heavy atom. The Labute approximate surface area is 183 Å². The molecule has 170 valence electrons. The number of fused-ring (bicyclic) bond motifs is 3. The van der Waals surface area contributed by atoms with Crippen molar-refractivity contribution in [1.82, 2.24) is 10.6 Å². The van der Waals surface area contributed by atoms with Crippen LogP contribution in [0.25, 0.3) is 11.1 Å². The van der Waals surface area contributed by atoms with Gasteiger partial charge in [-0.2, -0.15) is 0 Å². The summed E-state index contributed by atoms with van der Waals surface area (Å²) in [5.74, 6) is -2.35. The lowest BCUT2D eigenvalue weighted by molar-refractivity contribution is -0.139. The number of carboxylic acid groups (broad SMARTS) is 1. The average molecular weight is 446 g/mol. The van der Waals surface area contributed by atoms with Gasteiger partial charge in [0.15, 0.2) is 0 Å². The highest BCUT2D eigenvalue weighted by atomic mass is 19.3. The van der Waals surface area contributed by atoms with Crippen molar-refractivity contribution in [3.05, 3.63) is 59.7 Å². The van der Waals surface area contributed by atoms with Crippen molar-refractivity contribution >= 4 is 18.0 Å². The van der Waals surface area contributed by atoms with Crippen molar-refractivity contribution in [3.8, 4) is 11.1 Å². The van der Waals surface area contributed by atoms with E-state index in [1.807, 2.05) is 53.8 Å². The summed E-state index contributed by atoms with van der Waals surface area (Å²) in [6.07, 6.45) is -4.94. The maximum Gasteiger partial charge on any atom is 0.407 e. The van der Waals surface area contributed by atoms with E-state index in [9.17, 15) is 23.2 Å². The van der Waals surface area contributed by atoms with E-state index in [1.165, 1.54) is 6.92 Å². The highest BCUT2D eigenvalue weighted by Gasteiger charge is 2.29. The molecule has 0 saturated heterocycles. The molecule has 32 heavy (non-hydrogen) atoms. The fourth-order valence-electron chi connectivity index (χ4n) is 3.83. The predicted octanol–water partition coefficient (Wildman–Crippen LogP) is 3.53. The topological polar surface area (TPSA) is 105 Å². The number of ether oxygens (including phenoxy) is 1. The van der Waals surface area contributed by atoms with Crippen LogP contribution in [-0.2, 0) is 14.3 Å². The normalized spacial score (nSPS) is 14.2. The summed E-state index contributed by atoms with van der Waals surface area (Å²) in [7, 11) is 0. The van der Waals surface area contributed by atoms with E-state index in [4.69, 9.17) is 9.84 Å². The van der Waals surface area contributed by atoms with Crippen LogP contribution in [0.4, 0.5) is 13.6 Å². The van der Waals surface area contributed by atoms with E-state index in [-0.39, 0.29) is 18.9 Å². The van der Waals surface area contributed by atoms with Crippen LogP contribution in [0.3, 0.4) is 0 Å². The number of rotatable bonds is 9. The molecule has 0 fully saturated rings. The lowest BCUT2D eigenvalue weighted by Gasteiger charge is -2.19. The van der Waals surface area contributed by atoms with Crippen molar-refractivity contribution in [1.29, 1.82) is 0 Å². The summed E-state index contributed by atoms with van der Waals surface area (Å²) in [4.78, 5) is 34.8. The minimum absolute atomic E-state index is 0.102. The van der Waals surface area contributed by atoms with Crippen molar-refractivity contribution in [2.75, 3.05) is 6.61 Å². The Bertz CT molecular complexity index is 952. The molecule has 0 heterocycles. The first-order chi connectivity index (χ1) is 15.3. The molecular formula is C23H24F2N2O5. The van der Waals surface area contributed by atoms with Crippen molar-refractivity contribution in [3.63, 3.8) is 0 Å². The minimum atomic E-state index is -3.01. The molecule has 1 aliphatic rings. The number of amides is 2. The Hall–Kier alpha value is -3.49. The smallest absolute Gasteiger partial charge is 0.407 e. The first-order valence-electron chi connectivity index (χ1n) is 10.2. The van der Waals surface area contributed by atoms with Gasteiger partial charge in [-0.25, -0.2) is 13.6 Å². The number of nitrogens with one attached hydrogen (secondary N) is 2. The standard InChI is InChI=1S/C23H24F2N2O5/c1-13(10-20(28)27-19(22(24)25)11-21(29)30)26-23(31)32-12-18-16-8-4-2-6-14(16)15-7-3-5-9-17(15)18/h2-9,13,18-19,22H,10-12H2,1H3,(H,26,31)(H,27,28)(H,29,30). The summed E-state index contributed by atoms with van der Waals surface area (Å²) in [6, 6.07) is 13.3. The van der Waals surface area contributed by atoms with Gasteiger partial charge in [-0.1, -0.05) is 48.5 Å². The van der Waals surface area contributed by atoms with Gasteiger partial charge in [-0.15, -0.1) is 0 Å². The Kier molecular flexibility index (Phi) is 7.40. The second kappa shape index (κ2) is 10.2. The third-order valence-corrected chi connectivity index (χ3v) is 5.24. The molecule has 0 spiro atoms. The van der Waals surface area contributed by atoms with Gasteiger partial charge in [-0.3, -0.25) is 9.59 Å². The number of hydrogen-bond acceptors (Lipinski definition) is 4. The van der Waals surface area contributed by atoms with E-state index >= 15 is 0 Å². The second-order valence-electron chi connectivity index (χ2n) is 7.68. The van der Waals surface area contributed by atoms with Gasteiger partial charge in [0.1, 0.15) is 12.6 Å². The third-order valence-electron chi connectivity index (χ3n) is 5.24. The van der Waals surface area contributed by atoms with Gasteiger partial charge in [0.25, 0.3) is 6.43 Å². The summed E-state index contributed by atoms with van der Waals surface area (Å²) in [5.41, 5.74) is 4.31. The van der Waals surface area contributed by atoms with Crippen LogP contribution in [0.1, 0.15) is 36.8 Å².